The molecule has 0 atom stereocenters. The Labute approximate surface area is 112 Å². The Kier molecular flexibility index (Phi) is 4.08. The number of benzene rings is 2. The van der Waals surface area contributed by atoms with Crippen molar-refractivity contribution < 1.29 is 4.92 Å². The van der Waals surface area contributed by atoms with E-state index in [0.29, 0.717) is 6.42 Å². The molecule has 0 spiro atoms. The predicted molar refractivity (Wildman–Crippen MR) is 76.3 cm³/mol. The maximum atomic E-state index is 11.1. The molecule has 0 radical (unpaired) electrons. The van der Waals surface area contributed by atoms with Crippen LogP contribution in [0, 0.1) is 17.0 Å². The smallest absolute Gasteiger partial charge is 0.251 e. The van der Waals surface area contributed by atoms with Gasteiger partial charge in [-0.05, 0) is 18.1 Å². The van der Waals surface area contributed by atoms with E-state index in [0.717, 1.165) is 16.7 Å². The quantitative estimate of drug-likeness (QED) is 0.613. The Hall–Kier alpha value is -2.42. The lowest BCUT2D eigenvalue weighted by Crippen LogP contribution is -2.02. The largest absolute Gasteiger partial charge is 0.259 e. The molecule has 0 heterocycles. The lowest BCUT2D eigenvalue weighted by atomic mass is 10.1. The third-order valence-corrected chi connectivity index (χ3v) is 2.84. The fourth-order valence-electron chi connectivity index (χ4n) is 1.93. The van der Waals surface area contributed by atoms with Crippen molar-refractivity contribution in [3.8, 4) is 0 Å². The van der Waals surface area contributed by atoms with Crippen molar-refractivity contribution in [2.45, 2.75) is 13.3 Å². The van der Waals surface area contributed by atoms with Crippen molar-refractivity contribution in [1.82, 2.24) is 0 Å². The van der Waals surface area contributed by atoms with Gasteiger partial charge < -0.3 is 0 Å². The fraction of sp³-hybridized carbons (Fsp3) is 0.125. The van der Waals surface area contributed by atoms with Crippen molar-refractivity contribution >= 4 is 6.08 Å². The van der Waals surface area contributed by atoms with Crippen LogP contribution in [0.3, 0.4) is 0 Å². The van der Waals surface area contributed by atoms with Crippen molar-refractivity contribution in [2.75, 3.05) is 0 Å². The van der Waals surface area contributed by atoms with E-state index in [1.165, 1.54) is 0 Å². The van der Waals surface area contributed by atoms with E-state index in [1.54, 1.807) is 6.08 Å². The summed E-state index contributed by atoms with van der Waals surface area (Å²) in [5.74, 6) is 0. The first-order valence-electron chi connectivity index (χ1n) is 6.11. The molecule has 0 saturated carbocycles. The van der Waals surface area contributed by atoms with Gasteiger partial charge >= 0.3 is 0 Å². The SMILES string of the molecule is Cc1cccc(C=C(Cc2ccccc2)[N+](=O)[O-])c1. The standard InChI is InChI=1S/C16H15NO2/c1-13-6-5-9-15(10-13)12-16(17(18)19)11-14-7-3-2-4-8-14/h2-10,12H,11H2,1H3. The first-order valence-corrected chi connectivity index (χ1v) is 6.11. The molecule has 0 N–H and O–H groups in total. The van der Waals surface area contributed by atoms with Gasteiger partial charge in [-0.2, -0.15) is 0 Å². The molecule has 0 fully saturated rings. The number of allylic oxidation sites excluding steroid dienone is 1. The van der Waals surface area contributed by atoms with E-state index in [-0.39, 0.29) is 10.6 Å². The highest BCUT2D eigenvalue weighted by molar-refractivity contribution is 5.52. The Morgan fingerprint density at radius 2 is 1.89 bits per heavy atom. The van der Waals surface area contributed by atoms with Crippen LogP contribution in [0.15, 0.2) is 60.3 Å². The zero-order chi connectivity index (χ0) is 13.7. The van der Waals surface area contributed by atoms with Crippen LogP contribution in [0.2, 0.25) is 0 Å². The van der Waals surface area contributed by atoms with Crippen LogP contribution >= 0.6 is 0 Å². The summed E-state index contributed by atoms with van der Waals surface area (Å²) in [6, 6.07) is 17.2. The van der Waals surface area contributed by atoms with Gasteiger partial charge in [-0.15, -0.1) is 0 Å². The molecule has 2 aromatic rings. The monoisotopic (exact) mass is 253 g/mol. The minimum atomic E-state index is -0.310. The second-order valence-electron chi connectivity index (χ2n) is 4.47. The summed E-state index contributed by atoms with van der Waals surface area (Å²) in [5.41, 5.74) is 3.11. The summed E-state index contributed by atoms with van der Waals surface area (Å²) in [6.45, 7) is 1.97. The molecule has 0 saturated heterocycles. The number of hydrogen-bond donors (Lipinski definition) is 0. The Morgan fingerprint density at radius 3 is 2.53 bits per heavy atom. The Morgan fingerprint density at radius 1 is 1.16 bits per heavy atom. The molecule has 0 unspecified atom stereocenters. The number of aryl methyl sites for hydroxylation is 1. The van der Waals surface area contributed by atoms with E-state index < -0.39 is 0 Å². The lowest BCUT2D eigenvalue weighted by molar-refractivity contribution is -0.425. The van der Waals surface area contributed by atoms with Gasteiger partial charge in [-0.1, -0.05) is 60.2 Å². The average Bonchev–Trinajstić information content (AvgIpc) is 2.39. The lowest BCUT2D eigenvalue weighted by Gasteiger charge is -2.01. The Balaban J connectivity index is 2.28. The first kappa shape index (κ1) is 13.0. The predicted octanol–water partition coefficient (Wildman–Crippen LogP) is 3.86. The molecular weight excluding hydrogens is 238 g/mol. The van der Waals surface area contributed by atoms with Crippen molar-refractivity contribution in [3.63, 3.8) is 0 Å². The zero-order valence-corrected chi connectivity index (χ0v) is 10.7. The van der Waals surface area contributed by atoms with Crippen LogP contribution in [0.25, 0.3) is 6.08 Å². The van der Waals surface area contributed by atoms with Gasteiger partial charge in [0, 0.05) is 6.08 Å². The number of hydrogen-bond acceptors (Lipinski definition) is 2. The molecule has 0 amide bonds. The highest BCUT2D eigenvalue weighted by Gasteiger charge is 2.11. The van der Waals surface area contributed by atoms with Gasteiger partial charge in [-0.3, -0.25) is 10.1 Å². The second-order valence-corrected chi connectivity index (χ2v) is 4.47. The molecule has 0 aromatic heterocycles. The third kappa shape index (κ3) is 3.78. The first-order chi connectivity index (χ1) is 9.15. The van der Waals surface area contributed by atoms with Crippen LogP contribution in [0.5, 0.6) is 0 Å². The van der Waals surface area contributed by atoms with Crippen LogP contribution in [-0.4, -0.2) is 4.92 Å². The van der Waals surface area contributed by atoms with Crippen molar-refractivity contribution in [3.05, 3.63) is 87.1 Å². The van der Waals surface area contributed by atoms with Gasteiger partial charge in [0.05, 0.1) is 11.3 Å². The van der Waals surface area contributed by atoms with Crippen LogP contribution in [-0.2, 0) is 6.42 Å². The zero-order valence-electron chi connectivity index (χ0n) is 10.7. The minimum absolute atomic E-state index is 0.205. The van der Waals surface area contributed by atoms with Gasteiger partial charge in [-0.25, -0.2) is 0 Å². The molecule has 19 heavy (non-hydrogen) atoms. The second kappa shape index (κ2) is 5.96. The van der Waals surface area contributed by atoms with Gasteiger partial charge in [0.2, 0.25) is 0 Å². The van der Waals surface area contributed by atoms with E-state index in [2.05, 4.69) is 0 Å². The van der Waals surface area contributed by atoms with Gasteiger partial charge in [0.1, 0.15) is 0 Å². The Bertz CT molecular complexity index is 603. The maximum Gasteiger partial charge on any atom is 0.251 e. The minimum Gasteiger partial charge on any atom is -0.259 e. The molecule has 3 nitrogen and oxygen atoms in total. The van der Waals surface area contributed by atoms with Crippen LogP contribution in [0.4, 0.5) is 0 Å². The molecule has 2 rings (SSSR count). The van der Waals surface area contributed by atoms with E-state index >= 15 is 0 Å². The number of nitrogens with zero attached hydrogens (tertiary/aromatic N) is 1. The summed E-state index contributed by atoms with van der Waals surface area (Å²) >= 11 is 0. The molecule has 3 heteroatoms. The van der Waals surface area contributed by atoms with Crippen LogP contribution in [0.1, 0.15) is 16.7 Å². The molecular formula is C16H15NO2. The molecule has 0 aliphatic rings. The summed E-state index contributed by atoms with van der Waals surface area (Å²) in [7, 11) is 0. The third-order valence-electron chi connectivity index (χ3n) is 2.84. The number of rotatable bonds is 4. The summed E-state index contributed by atoms with van der Waals surface area (Å²) in [6.07, 6.45) is 1.97. The van der Waals surface area contributed by atoms with E-state index in [4.69, 9.17) is 0 Å². The van der Waals surface area contributed by atoms with Crippen molar-refractivity contribution in [1.29, 1.82) is 0 Å². The number of nitro groups is 1. The maximum absolute atomic E-state index is 11.1. The topological polar surface area (TPSA) is 43.1 Å². The van der Waals surface area contributed by atoms with Crippen molar-refractivity contribution in [2.24, 2.45) is 0 Å². The summed E-state index contributed by atoms with van der Waals surface area (Å²) in [4.78, 5) is 10.8. The molecule has 0 aliphatic heterocycles. The van der Waals surface area contributed by atoms with E-state index in [9.17, 15) is 10.1 Å². The average molecular weight is 253 g/mol. The normalized spacial score (nSPS) is 11.3. The molecule has 0 bridgehead atoms. The highest BCUT2D eigenvalue weighted by atomic mass is 16.6. The van der Waals surface area contributed by atoms with Crippen LogP contribution < -0.4 is 0 Å². The summed E-state index contributed by atoms with van der Waals surface area (Å²) in [5, 5.41) is 11.1. The molecule has 2 aromatic carbocycles. The van der Waals surface area contributed by atoms with E-state index in [1.807, 2.05) is 61.5 Å². The van der Waals surface area contributed by atoms with Gasteiger partial charge in [0.25, 0.3) is 5.70 Å². The molecule has 0 aliphatic carbocycles. The van der Waals surface area contributed by atoms with Gasteiger partial charge in [0.15, 0.2) is 0 Å². The fourth-order valence-corrected chi connectivity index (χ4v) is 1.93. The highest BCUT2D eigenvalue weighted by Crippen LogP contribution is 2.14. The molecule has 96 valence electrons. The summed E-state index contributed by atoms with van der Waals surface area (Å²) < 4.78 is 0.